The molecule has 20 heavy (non-hydrogen) atoms. The van der Waals surface area contributed by atoms with Gasteiger partial charge in [-0.25, -0.2) is 17.9 Å². The number of nitrogens with two attached hydrogens (primary N) is 1. The van der Waals surface area contributed by atoms with Gasteiger partial charge in [0.25, 0.3) is 5.56 Å². The van der Waals surface area contributed by atoms with Gasteiger partial charge in [-0.05, 0) is 12.3 Å². The predicted molar refractivity (Wildman–Crippen MR) is 69.2 cm³/mol. The summed E-state index contributed by atoms with van der Waals surface area (Å²) in [5.41, 5.74) is 4.94. The number of hydrogen-bond acceptors (Lipinski definition) is 2. The zero-order chi connectivity index (χ0) is 15.0. The van der Waals surface area contributed by atoms with Crippen molar-refractivity contribution >= 4 is 5.69 Å². The fraction of sp³-hybridized carbons (Fsp3) is 0.308. The standard InChI is InChI=1S/C13H14F3N3O/c1-6(2)3-10-12(17)13(20)19(18-10)11-5-8(15)7(14)4-9(11)16/h4-6,18H,3,17H2,1-2H3. The zero-order valence-corrected chi connectivity index (χ0v) is 11.0. The molecular formula is C13H14F3N3O. The summed E-state index contributed by atoms with van der Waals surface area (Å²) in [5.74, 6) is -3.39. The molecule has 0 saturated carbocycles. The van der Waals surface area contributed by atoms with Crippen LogP contribution in [-0.4, -0.2) is 9.78 Å². The summed E-state index contributed by atoms with van der Waals surface area (Å²) < 4.78 is 40.5. The summed E-state index contributed by atoms with van der Waals surface area (Å²) >= 11 is 0. The lowest BCUT2D eigenvalue weighted by atomic mass is 10.1. The third-order valence-corrected chi connectivity index (χ3v) is 2.85. The van der Waals surface area contributed by atoms with E-state index in [-0.39, 0.29) is 11.6 Å². The predicted octanol–water partition coefficient (Wildman–Crippen LogP) is 2.36. The Labute approximate surface area is 113 Å². The minimum atomic E-state index is -1.32. The van der Waals surface area contributed by atoms with Crippen molar-refractivity contribution in [2.45, 2.75) is 20.3 Å². The molecule has 0 atom stereocenters. The van der Waals surface area contributed by atoms with Crippen molar-refractivity contribution in [3.63, 3.8) is 0 Å². The largest absolute Gasteiger partial charge is 0.393 e. The summed E-state index contributed by atoms with van der Waals surface area (Å²) in [5, 5.41) is 2.63. The van der Waals surface area contributed by atoms with E-state index >= 15 is 0 Å². The van der Waals surface area contributed by atoms with Crippen LogP contribution in [0.5, 0.6) is 0 Å². The molecule has 3 N–H and O–H groups in total. The lowest BCUT2D eigenvalue weighted by Gasteiger charge is -2.05. The van der Waals surface area contributed by atoms with Gasteiger partial charge in [-0.3, -0.25) is 9.89 Å². The highest BCUT2D eigenvalue weighted by Gasteiger charge is 2.18. The molecule has 7 heteroatoms. The molecule has 0 bridgehead atoms. The maximum Gasteiger partial charge on any atom is 0.294 e. The quantitative estimate of drug-likeness (QED) is 0.850. The van der Waals surface area contributed by atoms with Crippen molar-refractivity contribution < 1.29 is 13.2 Å². The normalized spacial score (nSPS) is 11.3. The molecule has 1 aromatic carbocycles. The van der Waals surface area contributed by atoms with E-state index < -0.39 is 28.7 Å². The van der Waals surface area contributed by atoms with Crippen LogP contribution >= 0.6 is 0 Å². The first-order chi connectivity index (χ1) is 9.31. The molecule has 4 nitrogen and oxygen atoms in total. The number of hydrogen-bond donors (Lipinski definition) is 2. The van der Waals surface area contributed by atoms with E-state index in [1.807, 2.05) is 13.8 Å². The molecule has 0 aliphatic rings. The molecule has 1 aromatic heterocycles. The number of nitrogens with zero attached hydrogens (tertiary/aromatic N) is 1. The Balaban J connectivity index is 2.59. The smallest absolute Gasteiger partial charge is 0.294 e. The molecule has 2 rings (SSSR count). The van der Waals surface area contributed by atoms with E-state index in [0.717, 1.165) is 4.68 Å². The van der Waals surface area contributed by atoms with Crippen molar-refractivity contribution in [1.82, 2.24) is 9.78 Å². The maximum atomic E-state index is 13.7. The van der Waals surface area contributed by atoms with Crippen LogP contribution < -0.4 is 11.3 Å². The van der Waals surface area contributed by atoms with Gasteiger partial charge in [-0.2, -0.15) is 0 Å². The summed E-state index contributed by atoms with van der Waals surface area (Å²) in [4.78, 5) is 11.9. The van der Waals surface area contributed by atoms with Crippen LogP contribution in [0.15, 0.2) is 16.9 Å². The van der Waals surface area contributed by atoms with Gasteiger partial charge in [0.15, 0.2) is 17.5 Å². The Morgan fingerprint density at radius 1 is 1.20 bits per heavy atom. The number of nitrogens with one attached hydrogen (secondary N) is 1. The first-order valence-electron chi connectivity index (χ1n) is 6.05. The minimum absolute atomic E-state index is 0.0529. The van der Waals surface area contributed by atoms with Gasteiger partial charge in [0.1, 0.15) is 11.4 Å². The highest BCUT2D eigenvalue weighted by molar-refractivity contribution is 5.45. The second-order valence-electron chi connectivity index (χ2n) is 4.96. The van der Waals surface area contributed by atoms with Gasteiger partial charge >= 0.3 is 0 Å². The molecule has 0 unspecified atom stereocenters. The van der Waals surface area contributed by atoms with E-state index in [4.69, 9.17) is 5.73 Å². The Bertz CT molecular complexity index is 704. The Morgan fingerprint density at radius 3 is 2.40 bits per heavy atom. The van der Waals surface area contributed by atoms with Crippen LogP contribution in [0.4, 0.5) is 18.9 Å². The molecule has 0 aliphatic heterocycles. The number of anilines is 1. The van der Waals surface area contributed by atoms with Gasteiger partial charge in [-0.15, -0.1) is 0 Å². The van der Waals surface area contributed by atoms with Gasteiger partial charge in [0.05, 0.1) is 5.69 Å². The molecule has 108 valence electrons. The second kappa shape index (κ2) is 5.07. The number of aromatic nitrogens is 2. The van der Waals surface area contributed by atoms with E-state index in [0.29, 0.717) is 24.2 Å². The molecule has 0 amide bonds. The lowest BCUT2D eigenvalue weighted by Crippen LogP contribution is -2.18. The van der Waals surface area contributed by atoms with Crippen molar-refractivity contribution in [3.8, 4) is 5.69 Å². The first-order valence-corrected chi connectivity index (χ1v) is 6.05. The van der Waals surface area contributed by atoms with E-state index in [2.05, 4.69) is 5.10 Å². The SMILES string of the molecule is CC(C)Cc1[nH]n(-c2cc(F)c(F)cc2F)c(=O)c1N. The third-order valence-electron chi connectivity index (χ3n) is 2.85. The van der Waals surface area contributed by atoms with E-state index in [1.165, 1.54) is 0 Å². The topological polar surface area (TPSA) is 63.8 Å². The number of nitrogen functional groups attached to an aromatic ring is 1. The molecule has 0 aliphatic carbocycles. The Kier molecular flexibility index (Phi) is 3.61. The fourth-order valence-electron chi connectivity index (χ4n) is 1.91. The van der Waals surface area contributed by atoms with Crippen LogP contribution in [0.2, 0.25) is 0 Å². The molecule has 1 heterocycles. The number of halogens is 3. The van der Waals surface area contributed by atoms with Crippen molar-refractivity contribution in [1.29, 1.82) is 0 Å². The van der Waals surface area contributed by atoms with Crippen LogP contribution in [0.1, 0.15) is 19.5 Å². The van der Waals surface area contributed by atoms with Crippen molar-refractivity contribution in [2.24, 2.45) is 5.92 Å². The third kappa shape index (κ3) is 2.43. The van der Waals surface area contributed by atoms with Gasteiger partial charge < -0.3 is 5.73 Å². The Hall–Kier alpha value is -2.18. The van der Waals surface area contributed by atoms with Crippen molar-refractivity contribution in [2.75, 3.05) is 5.73 Å². The lowest BCUT2D eigenvalue weighted by molar-refractivity contribution is 0.490. The van der Waals surface area contributed by atoms with Crippen LogP contribution in [-0.2, 0) is 6.42 Å². The molecular weight excluding hydrogens is 271 g/mol. The molecule has 0 spiro atoms. The highest BCUT2D eigenvalue weighted by Crippen LogP contribution is 2.18. The Morgan fingerprint density at radius 2 is 1.80 bits per heavy atom. The number of benzene rings is 1. The molecule has 0 saturated heterocycles. The van der Waals surface area contributed by atoms with Crippen molar-refractivity contribution in [3.05, 3.63) is 45.6 Å². The number of aromatic amines is 1. The summed E-state index contributed by atoms with van der Waals surface area (Å²) in [7, 11) is 0. The number of rotatable bonds is 3. The van der Waals surface area contributed by atoms with E-state index in [9.17, 15) is 18.0 Å². The van der Waals surface area contributed by atoms with Crippen LogP contribution in [0.3, 0.4) is 0 Å². The van der Waals surface area contributed by atoms with Gasteiger partial charge in [0.2, 0.25) is 0 Å². The first kappa shape index (κ1) is 14.2. The summed E-state index contributed by atoms with van der Waals surface area (Å²) in [6.45, 7) is 3.85. The molecule has 0 radical (unpaired) electrons. The molecule has 0 fully saturated rings. The summed E-state index contributed by atoms with van der Waals surface area (Å²) in [6, 6.07) is 0.997. The maximum absolute atomic E-state index is 13.7. The summed E-state index contributed by atoms with van der Waals surface area (Å²) in [6.07, 6.45) is 0.485. The van der Waals surface area contributed by atoms with Gasteiger partial charge in [-0.1, -0.05) is 13.8 Å². The monoisotopic (exact) mass is 285 g/mol. The minimum Gasteiger partial charge on any atom is -0.393 e. The highest BCUT2D eigenvalue weighted by atomic mass is 19.2. The average Bonchev–Trinajstić information content (AvgIpc) is 2.62. The van der Waals surface area contributed by atoms with Crippen LogP contribution in [0, 0.1) is 23.4 Å². The molecule has 2 aromatic rings. The van der Waals surface area contributed by atoms with Crippen LogP contribution in [0.25, 0.3) is 5.69 Å². The van der Waals surface area contributed by atoms with E-state index in [1.54, 1.807) is 0 Å². The average molecular weight is 285 g/mol. The zero-order valence-electron chi connectivity index (χ0n) is 11.0. The number of H-pyrrole nitrogens is 1. The fourth-order valence-corrected chi connectivity index (χ4v) is 1.91. The van der Waals surface area contributed by atoms with Gasteiger partial charge in [0, 0.05) is 12.1 Å². The second-order valence-corrected chi connectivity index (χ2v) is 4.96.